The number of benzene rings is 1. The van der Waals surface area contributed by atoms with Crippen LogP contribution in [0.4, 0.5) is 4.39 Å². The summed E-state index contributed by atoms with van der Waals surface area (Å²) in [6.45, 7) is 0.803. The number of hydrogen-bond donors (Lipinski definition) is 1. The summed E-state index contributed by atoms with van der Waals surface area (Å²) >= 11 is 3.45. The summed E-state index contributed by atoms with van der Waals surface area (Å²) in [4.78, 5) is 0. The fourth-order valence-corrected chi connectivity index (χ4v) is 4.56. The van der Waals surface area contributed by atoms with Gasteiger partial charge in [0.2, 0.25) is 0 Å². The second-order valence-corrected chi connectivity index (χ2v) is 7.39. The SMILES string of the molecule is NC(c1ccc(F)cc1Br)C1CCOC2(CCCCC2)C1. The van der Waals surface area contributed by atoms with Gasteiger partial charge in [0.05, 0.1) is 5.60 Å². The first-order valence-electron chi connectivity index (χ1n) is 7.94. The Balaban J connectivity index is 1.76. The summed E-state index contributed by atoms with van der Waals surface area (Å²) in [6.07, 6.45) is 8.22. The van der Waals surface area contributed by atoms with Crippen molar-refractivity contribution in [2.45, 2.75) is 56.6 Å². The number of ether oxygens (including phenoxy) is 1. The molecule has 1 heterocycles. The predicted octanol–water partition coefficient (Wildman–Crippen LogP) is 4.72. The van der Waals surface area contributed by atoms with E-state index in [1.54, 1.807) is 0 Å². The molecule has 1 aliphatic carbocycles. The standard InChI is InChI=1S/C17H23BrFNO/c18-15-10-13(19)4-5-14(15)16(20)12-6-9-21-17(11-12)7-2-1-3-8-17/h4-5,10,12,16H,1-3,6-9,11,20H2. The van der Waals surface area contributed by atoms with Gasteiger partial charge >= 0.3 is 0 Å². The van der Waals surface area contributed by atoms with E-state index < -0.39 is 0 Å². The minimum absolute atomic E-state index is 0.0531. The van der Waals surface area contributed by atoms with Crippen molar-refractivity contribution in [1.82, 2.24) is 0 Å². The van der Waals surface area contributed by atoms with Gasteiger partial charge in [-0.25, -0.2) is 4.39 Å². The second-order valence-electron chi connectivity index (χ2n) is 6.54. The molecule has 2 atom stereocenters. The van der Waals surface area contributed by atoms with Crippen LogP contribution in [0.5, 0.6) is 0 Å². The molecule has 2 aliphatic rings. The average molecular weight is 356 g/mol. The van der Waals surface area contributed by atoms with Gasteiger partial charge in [-0.15, -0.1) is 0 Å². The lowest BCUT2D eigenvalue weighted by molar-refractivity contribution is -0.120. The van der Waals surface area contributed by atoms with Crippen LogP contribution in [0.2, 0.25) is 0 Å². The number of hydrogen-bond acceptors (Lipinski definition) is 2. The molecule has 4 heteroatoms. The van der Waals surface area contributed by atoms with E-state index in [0.717, 1.165) is 29.5 Å². The van der Waals surface area contributed by atoms with Crippen molar-refractivity contribution in [2.75, 3.05) is 6.61 Å². The lowest BCUT2D eigenvalue weighted by Gasteiger charge is -2.45. The highest BCUT2D eigenvalue weighted by atomic mass is 79.9. The quantitative estimate of drug-likeness (QED) is 0.832. The van der Waals surface area contributed by atoms with E-state index in [4.69, 9.17) is 10.5 Å². The molecule has 1 saturated heterocycles. The Hall–Kier alpha value is -0.450. The van der Waals surface area contributed by atoms with Crippen molar-refractivity contribution in [3.8, 4) is 0 Å². The van der Waals surface area contributed by atoms with Crippen molar-refractivity contribution >= 4 is 15.9 Å². The Morgan fingerprint density at radius 1 is 1.29 bits per heavy atom. The molecular weight excluding hydrogens is 333 g/mol. The maximum Gasteiger partial charge on any atom is 0.124 e. The van der Waals surface area contributed by atoms with Crippen LogP contribution in [0.1, 0.15) is 56.6 Å². The highest BCUT2D eigenvalue weighted by Crippen LogP contribution is 2.44. The van der Waals surface area contributed by atoms with Crippen LogP contribution in [0.15, 0.2) is 22.7 Å². The molecular formula is C17H23BrFNO. The number of nitrogens with two attached hydrogens (primary N) is 1. The molecule has 3 rings (SSSR count). The molecule has 0 aromatic heterocycles. The third-order valence-corrected chi connectivity index (χ3v) is 5.81. The van der Waals surface area contributed by atoms with Gasteiger partial charge in [-0.3, -0.25) is 0 Å². The largest absolute Gasteiger partial charge is 0.375 e. The average Bonchev–Trinajstić information content (AvgIpc) is 2.47. The van der Waals surface area contributed by atoms with Crippen LogP contribution < -0.4 is 5.73 Å². The van der Waals surface area contributed by atoms with Crippen molar-refractivity contribution in [2.24, 2.45) is 11.7 Å². The Morgan fingerprint density at radius 3 is 2.76 bits per heavy atom. The minimum atomic E-state index is -0.228. The molecule has 1 aromatic carbocycles. The van der Waals surface area contributed by atoms with Gasteiger partial charge in [-0.2, -0.15) is 0 Å². The lowest BCUT2D eigenvalue weighted by atomic mass is 9.73. The molecule has 1 aromatic rings. The Kier molecular flexibility index (Phi) is 4.67. The molecule has 1 saturated carbocycles. The lowest BCUT2D eigenvalue weighted by Crippen LogP contribution is -2.44. The minimum Gasteiger partial charge on any atom is -0.375 e. The zero-order valence-corrected chi connectivity index (χ0v) is 13.9. The summed E-state index contributed by atoms with van der Waals surface area (Å²) in [5.41, 5.74) is 7.57. The van der Waals surface area contributed by atoms with Gasteiger partial charge in [0.15, 0.2) is 0 Å². The Labute approximate surface area is 134 Å². The smallest absolute Gasteiger partial charge is 0.124 e. The van der Waals surface area contributed by atoms with E-state index in [2.05, 4.69) is 15.9 Å². The normalized spacial score (nSPS) is 26.7. The van der Waals surface area contributed by atoms with E-state index in [1.807, 2.05) is 6.07 Å². The van der Waals surface area contributed by atoms with Crippen molar-refractivity contribution in [3.63, 3.8) is 0 Å². The summed E-state index contributed by atoms with van der Waals surface area (Å²) in [5, 5.41) is 0. The van der Waals surface area contributed by atoms with Gasteiger partial charge in [0.25, 0.3) is 0 Å². The van der Waals surface area contributed by atoms with E-state index in [9.17, 15) is 4.39 Å². The van der Waals surface area contributed by atoms with Crippen LogP contribution in [0, 0.1) is 11.7 Å². The molecule has 2 N–H and O–H groups in total. The first kappa shape index (κ1) is 15.4. The van der Waals surface area contributed by atoms with Crippen LogP contribution in [-0.2, 0) is 4.74 Å². The summed E-state index contributed by atoms with van der Waals surface area (Å²) in [5.74, 6) is 0.187. The molecule has 0 radical (unpaired) electrons. The molecule has 2 fully saturated rings. The summed E-state index contributed by atoms with van der Waals surface area (Å²) in [7, 11) is 0. The Morgan fingerprint density at radius 2 is 2.05 bits per heavy atom. The maximum atomic E-state index is 13.2. The predicted molar refractivity (Wildman–Crippen MR) is 85.5 cm³/mol. The van der Waals surface area contributed by atoms with Gasteiger partial charge in [0.1, 0.15) is 5.82 Å². The van der Waals surface area contributed by atoms with Crippen LogP contribution in [-0.4, -0.2) is 12.2 Å². The topological polar surface area (TPSA) is 35.2 Å². The third kappa shape index (κ3) is 3.33. The third-order valence-electron chi connectivity index (χ3n) is 5.13. The molecule has 1 spiro atoms. The molecule has 21 heavy (non-hydrogen) atoms. The van der Waals surface area contributed by atoms with Crippen molar-refractivity contribution in [1.29, 1.82) is 0 Å². The zero-order valence-electron chi connectivity index (χ0n) is 12.3. The molecule has 1 aliphatic heterocycles. The first-order chi connectivity index (χ1) is 10.1. The van der Waals surface area contributed by atoms with E-state index in [-0.39, 0.29) is 17.5 Å². The summed E-state index contributed by atoms with van der Waals surface area (Å²) in [6, 6.07) is 4.76. The highest BCUT2D eigenvalue weighted by molar-refractivity contribution is 9.10. The Bertz CT molecular complexity index is 496. The fourth-order valence-electron chi connectivity index (χ4n) is 3.94. The molecule has 116 valence electrons. The van der Waals surface area contributed by atoms with Crippen LogP contribution in [0.3, 0.4) is 0 Å². The summed E-state index contributed by atoms with van der Waals surface area (Å²) < 4.78 is 20.2. The first-order valence-corrected chi connectivity index (χ1v) is 8.73. The van der Waals surface area contributed by atoms with Gasteiger partial charge in [-0.05, 0) is 49.3 Å². The highest BCUT2D eigenvalue weighted by Gasteiger charge is 2.40. The van der Waals surface area contributed by atoms with Gasteiger partial charge in [-0.1, -0.05) is 41.3 Å². The van der Waals surface area contributed by atoms with Crippen molar-refractivity contribution < 1.29 is 9.13 Å². The van der Waals surface area contributed by atoms with E-state index in [1.165, 1.54) is 44.2 Å². The monoisotopic (exact) mass is 355 g/mol. The van der Waals surface area contributed by atoms with Crippen LogP contribution in [0.25, 0.3) is 0 Å². The number of halogens is 2. The maximum absolute atomic E-state index is 13.2. The van der Waals surface area contributed by atoms with Crippen LogP contribution >= 0.6 is 15.9 Å². The van der Waals surface area contributed by atoms with Crippen molar-refractivity contribution in [3.05, 3.63) is 34.1 Å². The van der Waals surface area contributed by atoms with E-state index in [0.29, 0.717) is 5.92 Å². The number of rotatable bonds is 2. The zero-order chi connectivity index (χ0) is 14.9. The molecule has 0 amide bonds. The fraction of sp³-hybridized carbons (Fsp3) is 0.647. The van der Waals surface area contributed by atoms with Gasteiger partial charge in [0, 0.05) is 17.1 Å². The molecule has 2 unspecified atom stereocenters. The van der Waals surface area contributed by atoms with E-state index >= 15 is 0 Å². The van der Waals surface area contributed by atoms with Gasteiger partial charge < -0.3 is 10.5 Å². The second kappa shape index (κ2) is 6.35. The molecule has 2 nitrogen and oxygen atoms in total. The molecule has 0 bridgehead atoms.